The maximum atomic E-state index is 11.2. The Bertz CT molecular complexity index is 404. The first-order valence-electron chi connectivity index (χ1n) is 5.92. The van der Waals surface area contributed by atoms with Crippen molar-refractivity contribution in [1.29, 1.82) is 0 Å². The number of hydrogen-bond donors (Lipinski definition) is 2. The molecular weight excluding hydrogens is 216 g/mol. The Balaban J connectivity index is 2.12. The Labute approximate surface area is 101 Å². The van der Waals surface area contributed by atoms with E-state index in [1.54, 1.807) is 0 Å². The highest BCUT2D eigenvalue weighted by molar-refractivity contribution is 5.73. The van der Waals surface area contributed by atoms with Crippen LogP contribution in [0.3, 0.4) is 0 Å². The second-order valence-corrected chi connectivity index (χ2v) is 4.78. The molecule has 1 fully saturated rings. The zero-order valence-corrected chi connectivity index (χ0v) is 10.2. The van der Waals surface area contributed by atoms with Crippen LogP contribution in [0.4, 0.5) is 4.79 Å². The number of urea groups is 1. The fraction of sp³-hybridized carbons (Fsp3) is 0.462. The predicted octanol–water partition coefficient (Wildman–Crippen LogP) is 2.17. The van der Waals surface area contributed by atoms with E-state index in [-0.39, 0.29) is 12.1 Å². The first-order valence-corrected chi connectivity index (χ1v) is 5.92. The highest BCUT2D eigenvalue weighted by Gasteiger charge is 2.20. The summed E-state index contributed by atoms with van der Waals surface area (Å²) in [6, 6.07) is 7.96. The number of amides is 2. The molecule has 1 aliphatic heterocycles. The van der Waals surface area contributed by atoms with Gasteiger partial charge in [-0.05, 0) is 23.5 Å². The number of nitrogens with one attached hydrogen (secondary N) is 2. The highest BCUT2D eigenvalue weighted by Crippen LogP contribution is 2.18. The zero-order chi connectivity index (χ0) is 12.3. The Morgan fingerprint density at radius 3 is 3.00 bits per heavy atom. The molecule has 2 amide bonds. The summed E-state index contributed by atoms with van der Waals surface area (Å²) in [6.45, 7) is 4.85. The van der Waals surface area contributed by atoms with Gasteiger partial charge in [0, 0.05) is 0 Å². The lowest BCUT2D eigenvalue weighted by atomic mass is 9.98. The van der Waals surface area contributed by atoms with Crippen LogP contribution >= 0.6 is 0 Å². The van der Waals surface area contributed by atoms with Crippen LogP contribution < -0.4 is 10.8 Å². The van der Waals surface area contributed by atoms with E-state index in [1.807, 2.05) is 12.1 Å². The fourth-order valence-corrected chi connectivity index (χ4v) is 2.01. The van der Waals surface area contributed by atoms with Crippen LogP contribution in [0.5, 0.6) is 0 Å². The normalized spacial score (nSPS) is 19.9. The van der Waals surface area contributed by atoms with Crippen LogP contribution in [0.15, 0.2) is 24.3 Å². The molecule has 2 rings (SSSR count). The number of rotatable bonds is 3. The molecule has 0 bridgehead atoms. The molecule has 92 valence electrons. The van der Waals surface area contributed by atoms with Crippen molar-refractivity contribution in [2.45, 2.75) is 26.3 Å². The molecule has 1 saturated heterocycles. The molecule has 0 spiro atoms. The molecule has 2 N–H and O–H groups in total. The summed E-state index contributed by atoms with van der Waals surface area (Å²) >= 11 is 0. The van der Waals surface area contributed by atoms with Crippen LogP contribution in [-0.2, 0) is 11.3 Å². The molecule has 4 nitrogen and oxygen atoms in total. The minimum Gasteiger partial charge on any atom is -0.327 e. The Hall–Kier alpha value is -1.55. The van der Waals surface area contributed by atoms with Crippen LogP contribution in [0, 0.1) is 5.92 Å². The SMILES string of the molecule is CC(C)Cc1cccc(C2CONC(=O)N2)c1. The summed E-state index contributed by atoms with van der Waals surface area (Å²) in [7, 11) is 0. The quantitative estimate of drug-likeness (QED) is 0.842. The molecule has 0 radical (unpaired) electrons. The number of carbonyl (C=O) groups excluding carboxylic acids is 1. The monoisotopic (exact) mass is 234 g/mol. The van der Waals surface area contributed by atoms with Gasteiger partial charge in [0.25, 0.3) is 0 Å². The van der Waals surface area contributed by atoms with E-state index in [0.717, 1.165) is 12.0 Å². The number of benzene rings is 1. The van der Waals surface area contributed by atoms with Crippen molar-refractivity contribution in [2.24, 2.45) is 5.92 Å². The molecule has 1 aromatic rings. The van der Waals surface area contributed by atoms with Crippen molar-refractivity contribution in [2.75, 3.05) is 6.61 Å². The lowest BCUT2D eigenvalue weighted by Gasteiger charge is -2.24. The van der Waals surface area contributed by atoms with E-state index in [2.05, 4.69) is 36.8 Å². The Kier molecular flexibility index (Phi) is 3.64. The van der Waals surface area contributed by atoms with E-state index in [4.69, 9.17) is 4.84 Å². The van der Waals surface area contributed by atoms with Gasteiger partial charge in [-0.1, -0.05) is 38.1 Å². The van der Waals surface area contributed by atoms with Gasteiger partial charge in [-0.15, -0.1) is 0 Å². The van der Waals surface area contributed by atoms with Gasteiger partial charge in [-0.25, -0.2) is 10.3 Å². The first kappa shape index (κ1) is 11.9. The fourth-order valence-electron chi connectivity index (χ4n) is 2.01. The Morgan fingerprint density at radius 2 is 2.29 bits per heavy atom. The van der Waals surface area contributed by atoms with Gasteiger partial charge in [0.1, 0.15) is 0 Å². The average molecular weight is 234 g/mol. The lowest BCUT2D eigenvalue weighted by Crippen LogP contribution is -2.46. The second kappa shape index (κ2) is 5.19. The molecule has 4 heteroatoms. The summed E-state index contributed by atoms with van der Waals surface area (Å²) in [5, 5.41) is 2.84. The van der Waals surface area contributed by atoms with Gasteiger partial charge in [-0.3, -0.25) is 4.84 Å². The molecule has 0 aliphatic carbocycles. The Morgan fingerprint density at radius 1 is 1.47 bits per heavy atom. The second-order valence-electron chi connectivity index (χ2n) is 4.78. The van der Waals surface area contributed by atoms with Crippen LogP contribution in [0.2, 0.25) is 0 Å². The topological polar surface area (TPSA) is 50.4 Å². The molecule has 1 aromatic carbocycles. The van der Waals surface area contributed by atoms with E-state index in [9.17, 15) is 4.79 Å². The summed E-state index contributed by atoms with van der Waals surface area (Å²) < 4.78 is 0. The minimum atomic E-state index is -0.282. The van der Waals surface area contributed by atoms with Crippen molar-refractivity contribution in [3.05, 3.63) is 35.4 Å². The molecule has 1 aliphatic rings. The molecule has 1 unspecified atom stereocenters. The number of carbonyl (C=O) groups is 1. The van der Waals surface area contributed by atoms with Gasteiger partial charge in [-0.2, -0.15) is 0 Å². The van der Waals surface area contributed by atoms with Crippen molar-refractivity contribution in [1.82, 2.24) is 10.8 Å². The molecular formula is C13H18N2O2. The van der Waals surface area contributed by atoms with Gasteiger partial charge in [0.05, 0.1) is 12.6 Å². The molecule has 17 heavy (non-hydrogen) atoms. The van der Waals surface area contributed by atoms with Crippen molar-refractivity contribution < 1.29 is 9.63 Å². The molecule has 0 aromatic heterocycles. The minimum absolute atomic E-state index is 0.0594. The number of hydrogen-bond acceptors (Lipinski definition) is 2. The predicted molar refractivity (Wildman–Crippen MR) is 65.3 cm³/mol. The first-order chi connectivity index (χ1) is 8.15. The van der Waals surface area contributed by atoms with E-state index in [1.165, 1.54) is 5.56 Å². The van der Waals surface area contributed by atoms with Crippen molar-refractivity contribution >= 4 is 6.03 Å². The third kappa shape index (κ3) is 3.20. The summed E-state index contributed by atoms with van der Waals surface area (Å²) in [5.74, 6) is 0.629. The lowest BCUT2D eigenvalue weighted by molar-refractivity contribution is 0.0231. The van der Waals surface area contributed by atoms with E-state index >= 15 is 0 Å². The molecule has 0 saturated carbocycles. The van der Waals surface area contributed by atoms with Gasteiger partial charge < -0.3 is 5.32 Å². The molecule has 1 heterocycles. The maximum absolute atomic E-state index is 11.2. The van der Waals surface area contributed by atoms with E-state index in [0.29, 0.717) is 12.5 Å². The van der Waals surface area contributed by atoms with Crippen LogP contribution in [0.1, 0.15) is 31.0 Å². The van der Waals surface area contributed by atoms with Gasteiger partial charge in [0.2, 0.25) is 0 Å². The summed E-state index contributed by atoms with van der Waals surface area (Å²) in [5.41, 5.74) is 4.67. The van der Waals surface area contributed by atoms with Gasteiger partial charge >= 0.3 is 6.03 Å². The molecule has 1 atom stereocenters. The van der Waals surface area contributed by atoms with Crippen molar-refractivity contribution in [3.63, 3.8) is 0 Å². The van der Waals surface area contributed by atoms with Gasteiger partial charge in [0.15, 0.2) is 0 Å². The third-order valence-corrected chi connectivity index (χ3v) is 2.72. The summed E-state index contributed by atoms with van der Waals surface area (Å²) in [4.78, 5) is 16.2. The smallest absolute Gasteiger partial charge is 0.327 e. The largest absolute Gasteiger partial charge is 0.339 e. The maximum Gasteiger partial charge on any atom is 0.339 e. The number of hydroxylamine groups is 1. The van der Waals surface area contributed by atoms with Crippen LogP contribution in [0.25, 0.3) is 0 Å². The summed E-state index contributed by atoms with van der Waals surface area (Å²) in [6.07, 6.45) is 1.05. The van der Waals surface area contributed by atoms with Crippen molar-refractivity contribution in [3.8, 4) is 0 Å². The average Bonchev–Trinajstić information content (AvgIpc) is 2.28. The van der Waals surface area contributed by atoms with Crippen LogP contribution in [-0.4, -0.2) is 12.6 Å². The van der Waals surface area contributed by atoms with E-state index < -0.39 is 0 Å². The highest BCUT2D eigenvalue weighted by atomic mass is 16.7. The standard InChI is InChI=1S/C13H18N2O2/c1-9(2)6-10-4-3-5-11(7-10)12-8-17-15-13(16)14-12/h3-5,7,9,12H,6,8H2,1-2H3,(H2,14,15,16). The third-order valence-electron chi connectivity index (χ3n) is 2.72. The zero-order valence-electron chi connectivity index (χ0n) is 10.2.